The Kier molecular flexibility index (Phi) is 2.13. The predicted molar refractivity (Wildman–Crippen MR) is 99.5 cm³/mol. The molecular formula is C23H18N2O3. The Balaban J connectivity index is 1.21. The lowest BCUT2D eigenvalue weighted by molar-refractivity contribution is -0.214. The lowest BCUT2D eigenvalue weighted by Crippen LogP contribution is -2.73. The molecule has 1 heterocycles. The van der Waals surface area contributed by atoms with E-state index in [1.54, 1.807) is 7.11 Å². The Morgan fingerprint density at radius 1 is 1.11 bits per heavy atom. The first-order chi connectivity index (χ1) is 13.7. The minimum atomic E-state index is -0.0977. The molecule has 9 rings (SSSR count). The maximum absolute atomic E-state index is 12.8. The molecule has 5 nitrogen and oxygen atoms in total. The third-order valence-electron chi connectivity index (χ3n) is 8.96. The number of methoxy groups -OCH3 is 1. The zero-order chi connectivity index (χ0) is 18.4. The highest BCUT2D eigenvalue weighted by Gasteiger charge is 2.95. The van der Waals surface area contributed by atoms with Crippen LogP contribution in [0.3, 0.4) is 0 Å². The molecule has 4 bridgehead atoms. The van der Waals surface area contributed by atoms with Crippen LogP contribution >= 0.6 is 0 Å². The van der Waals surface area contributed by atoms with E-state index >= 15 is 0 Å². The Morgan fingerprint density at radius 3 is 2.82 bits per heavy atom. The summed E-state index contributed by atoms with van der Waals surface area (Å²) in [6, 6.07) is 12.2. The van der Waals surface area contributed by atoms with Gasteiger partial charge in [0.1, 0.15) is 11.5 Å². The number of ketones is 1. The van der Waals surface area contributed by atoms with Crippen molar-refractivity contribution in [3.8, 4) is 17.1 Å². The summed E-state index contributed by atoms with van der Waals surface area (Å²) >= 11 is 0. The van der Waals surface area contributed by atoms with Gasteiger partial charge in [0, 0.05) is 17.4 Å². The van der Waals surface area contributed by atoms with Crippen LogP contribution in [0.1, 0.15) is 12.3 Å². The topological polar surface area (TPSA) is 65.2 Å². The van der Waals surface area contributed by atoms with Gasteiger partial charge in [0.2, 0.25) is 11.7 Å². The van der Waals surface area contributed by atoms with Crippen molar-refractivity contribution in [3.63, 3.8) is 0 Å². The molecule has 138 valence electrons. The molecular weight excluding hydrogens is 352 g/mol. The molecule has 6 fully saturated rings. The maximum Gasteiger partial charge on any atom is 0.234 e. The molecule has 0 radical (unpaired) electrons. The fourth-order valence-corrected chi connectivity index (χ4v) is 8.40. The highest BCUT2D eigenvalue weighted by Crippen LogP contribution is 2.92. The molecule has 3 aromatic rings. The summed E-state index contributed by atoms with van der Waals surface area (Å²) in [5.41, 5.74) is 0.854. The molecule has 0 saturated heterocycles. The second-order valence-corrected chi connectivity index (χ2v) is 9.38. The Hall–Kier alpha value is -2.69. The van der Waals surface area contributed by atoms with Gasteiger partial charge in [-0.15, -0.1) is 0 Å². The lowest BCUT2D eigenvalue weighted by atomic mass is 9.32. The molecule has 28 heavy (non-hydrogen) atoms. The number of ether oxygens (including phenoxy) is 1. The number of carbonyl (C=O) groups is 1. The number of carbonyl (C=O) groups excluding carboxylic acids is 1. The predicted octanol–water partition coefficient (Wildman–Crippen LogP) is 3.48. The summed E-state index contributed by atoms with van der Waals surface area (Å²) in [5.74, 6) is 6.37. The smallest absolute Gasteiger partial charge is 0.234 e. The largest absolute Gasteiger partial charge is 0.497 e. The number of benzene rings is 2. The van der Waals surface area contributed by atoms with Crippen LogP contribution in [0.15, 0.2) is 40.9 Å². The van der Waals surface area contributed by atoms with Gasteiger partial charge in [0.15, 0.2) is 0 Å². The SMILES string of the molecule is COc1ccc2cc(-c3noc(C45C6C(=O)C7C8CC(C74)C5C86)n3)ccc2c1. The van der Waals surface area contributed by atoms with Gasteiger partial charge in [0.25, 0.3) is 0 Å². The van der Waals surface area contributed by atoms with Crippen LogP contribution < -0.4 is 4.74 Å². The van der Waals surface area contributed by atoms with Crippen LogP contribution in [0.25, 0.3) is 22.2 Å². The van der Waals surface area contributed by atoms with Gasteiger partial charge >= 0.3 is 0 Å². The van der Waals surface area contributed by atoms with Crippen LogP contribution in [0.5, 0.6) is 5.75 Å². The third-order valence-corrected chi connectivity index (χ3v) is 8.96. The third kappa shape index (κ3) is 1.20. The van der Waals surface area contributed by atoms with Gasteiger partial charge in [-0.25, -0.2) is 0 Å². The molecule has 0 spiro atoms. The summed E-state index contributed by atoms with van der Waals surface area (Å²) in [4.78, 5) is 17.7. The van der Waals surface area contributed by atoms with Gasteiger partial charge in [-0.1, -0.05) is 23.4 Å². The van der Waals surface area contributed by atoms with E-state index in [1.165, 1.54) is 6.42 Å². The fraction of sp³-hybridized carbons (Fsp3) is 0.435. The summed E-state index contributed by atoms with van der Waals surface area (Å²) in [7, 11) is 1.68. The summed E-state index contributed by atoms with van der Waals surface area (Å²) in [5, 5.41) is 6.56. The van der Waals surface area contributed by atoms with Crippen LogP contribution in [0.4, 0.5) is 0 Å². The van der Waals surface area contributed by atoms with E-state index in [9.17, 15) is 4.79 Å². The maximum atomic E-state index is 12.8. The Bertz CT molecular complexity index is 1230. The van der Waals surface area contributed by atoms with E-state index in [2.05, 4.69) is 17.3 Å². The van der Waals surface area contributed by atoms with E-state index in [1.807, 2.05) is 24.3 Å². The molecule has 0 amide bonds. The average molecular weight is 370 g/mol. The number of rotatable bonds is 3. The molecule has 8 atom stereocenters. The minimum Gasteiger partial charge on any atom is -0.497 e. The summed E-state index contributed by atoms with van der Waals surface area (Å²) in [6.07, 6.45) is 1.27. The fourth-order valence-electron chi connectivity index (χ4n) is 8.40. The second kappa shape index (κ2) is 4.17. The number of aromatic nitrogens is 2. The van der Waals surface area contributed by atoms with Gasteiger partial charge < -0.3 is 9.26 Å². The first kappa shape index (κ1) is 14.3. The first-order valence-corrected chi connectivity index (χ1v) is 10.2. The zero-order valence-electron chi connectivity index (χ0n) is 15.3. The van der Waals surface area contributed by atoms with Gasteiger partial charge in [0.05, 0.1) is 12.5 Å². The highest BCUT2D eigenvalue weighted by molar-refractivity contribution is 5.96. The van der Waals surface area contributed by atoms with Crippen molar-refractivity contribution in [2.75, 3.05) is 7.11 Å². The molecule has 8 unspecified atom stereocenters. The van der Waals surface area contributed by atoms with E-state index in [-0.39, 0.29) is 11.3 Å². The Morgan fingerprint density at radius 2 is 1.96 bits per heavy atom. The number of Topliss-reactive ketones (excluding diaryl/α,β-unsaturated/α-hetero) is 1. The molecule has 5 heteroatoms. The molecule has 2 aromatic carbocycles. The molecule has 6 aliphatic rings. The average Bonchev–Trinajstić information content (AvgIpc) is 3.42. The molecule has 6 aliphatic carbocycles. The zero-order valence-corrected chi connectivity index (χ0v) is 15.3. The number of nitrogens with zero attached hydrogens (tertiary/aromatic N) is 2. The number of fused-ring (bicyclic) bond motifs is 1. The quantitative estimate of drug-likeness (QED) is 0.706. The van der Waals surface area contributed by atoms with Crippen molar-refractivity contribution in [1.82, 2.24) is 10.1 Å². The summed E-state index contributed by atoms with van der Waals surface area (Å²) < 4.78 is 11.1. The van der Waals surface area contributed by atoms with Crippen molar-refractivity contribution in [3.05, 3.63) is 42.3 Å². The Labute approximate surface area is 161 Å². The van der Waals surface area contributed by atoms with Crippen molar-refractivity contribution >= 4 is 16.6 Å². The van der Waals surface area contributed by atoms with E-state index < -0.39 is 0 Å². The lowest BCUT2D eigenvalue weighted by Gasteiger charge is -2.69. The van der Waals surface area contributed by atoms with Crippen LogP contribution in [-0.4, -0.2) is 23.0 Å². The van der Waals surface area contributed by atoms with Crippen molar-refractivity contribution in [1.29, 1.82) is 0 Å². The monoisotopic (exact) mass is 370 g/mol. The van der Waals surface area contributed by atoms with Crippen molar-refractivity contribution < 1.29 is 14.1 Å². The van der Waals surface area contributed by atoms with Gasteiger partial charge in [-0.05, 0) is 65.0 Å². The van der Waals surface area contributed by atoms with Gasteiger partial charge in [-0.3, -0.25) is 4.79 Å². The van der Waals surface area contributed by atoms with E-state index in [0.717, 1.165) is 33.9 Å². The summed E-state index contributed by atoms with van der Waals surface area (Å²) in [6.45, 7) is 0. The molecule has 0 N–H and O–H groups in total. The minimum absolute atomic E-state index is 0.0977. The standard InChI is InChI=1S/C23H18N2O3/c1-27-12-5-4-9-6-11(3-2-10(9)7-12)21-24-22(28-25-21)23-17-14-8-13-15(17)19(23)20(26)16(13)18(14)23/h2-7,13-19H,8H2,1H3. The molecule has 1 aromatic heterocycles. The van der Waals surface area contributed by atoms with Crippen LogP contribution in [0.2, 0.25) is 0 Å². The normalized spacial score (nSPS) is 42.9. The van der Waals surface area contributed by atoms with Crippen molar-refractivity contribution in [2.45, 2.75) is 11.8 Å². The van der Waals surface area contributed by atoms with E-state index in [0.29, 0.717) is 41.2 Å². The van der Waals surface area contributed by atoms with Crippen LogP contribution in [0, 0.1) is 41.4 Å². The van der Waals surface area contributed by atoms with Gasteiger partial charge in [-0.2, -0.15) is 4.98 Å². The van der Waals surface area contributed by atoms with E-state index in [4.69, 9.17) is 14.2 Å². The first-order valence-electron chi connectivity index (χ1n) is 10.2. The number of hydrogen-bond donors (Lipinski definition) is 0. The highest BCUT2D eigenvalue weighted by atomic mass is 16.5. The number of hydrogen-bond acceptors (Lipinski definition) is 5. The van der Waals surface area contributed by atoms with Crippen LogP contribution in [-0.2, 0) is 10.2 Å². The second-order valence-electron chi connectivity index (χ2n) is 9.38. The molecule has 6 saturated carbocycles. The molecule has 0 aliphatic heterocycles. The van der Waals surface area contributed by atoms with Crippen molar-refractivity contribution in [2.24, 2.45) is 41.4 Å².